The molecule has 0 saturated carbocycles. The van der Waals surface area contributed by atoms with Crippen LogP contribution >= 0.6 is 15.2 Å². The maximum absolute atomic E-state index is 15.2. The molecule has 0 spiro atoms. The lowest BCUT2D eigenvalue weighted by molar-refractivity contribution is -0.157. The first kappa shape index (κ1) is 64.2. The molecule has 0 aromatic rings. The SMILES string of the molecule is CCOP(=O)(OCC)C(CCCNC(=O)CN1CCN(CC(=O)OC(C)(C)C)CCN(C(C(=O)O)C(C)(C)C)CCN(CC(=O)OC(C)(C)C)CC1)(O[Si](C)(C)C(C)(C)C)P(=O)(OCC)OCC. The van der Waals surface area contributed by atoms with Crippen molar-refractivity contribution in [2.45, 2.75) is 164 Å². The Morgan fingerprint density at radius 2 is 0.956 bits per heavy atom. The summed E-state index contributed by atoms with van der Waals surface area (Å²) in [6.45, 7) is 35.3. The van der Waals surface area contributed by atoms with Gasteiger partial charge in [0.1, 0.15) is 17.2 Å². The highest BCUT2D eigenvalue weighted by Crippen LogP contribution is 2.80. The van der Waals surface area contributed by atoms with Crippen molar-refractivity contribution in [3.63, 3.8) is 0 Å². The van der Waals surface area contributed by atoms with Gasteiger partial charge in [0, 0.05) is 65.3 Å². The fourth-order valence-electron chi connectivity index (χ4n) is 7.58. The lowest BCUT2D eigenvalue weighted by Gasteiger charge is -2.49. The standard InChI is InChI=1S/C46H93N5O14P2Si/c1-19-59-66(57,60-20-2)46(65-68(17,18)45(14,15)16,67(58,61-21-3)62-22-4)24-23-25-47-37(52)34-48-26-28-49(35-38(53)63-43(8,9)10)30-32-51(40(41(55)56)42(5,6)7)33-31-50(29-27-48)36-39(54)64-44(11,12)13/h40H,19-36H2,1-18H3,(H,47,52)(H,55,56). The number of carboxylic acids is 1. The van der Waals surface area contributed by atoms with Gasteiger partial charge in [-0.3, -0.25) is 47.9 Å². The molecule has 2 N–H and O–H groups in total. The van der Waals surface area contributed by atoms with E-state index in [0.717, 1.165) is 0 Å². The second-order valence-corrected chi connectivity index (χ2v) is 31.4. The summed E-state index contributed by atoms with van der Waals surface area (Å²) in [5, 5.41) is 10.9. The average Bonchev–Trinajstić information content (AvgIpc) is 3.14. The summed E-state index contributed by atoms with van der Waals surface area (Å²) in [6.07, 6.45) is -0.0311. The quantitative estimate of drug-likeness (QED) is 0.0415. The molecule has 1 atom stereocenters. The number of hydrogen-bond donors (Lipinski definition) is 2. The normalized spacial score (nSPS) is 17.5. The first-order chi connectivity index (χ1) is 31.0. The zero-order valence-corrected chi connectivity index (χ0v) is 48.0. The topological polar surface area (TPSA) is 212 Å². The van der Waals surface area contributed by atoms with Crippen LogP contribution in [0.1, 0.15) is 124 Å². The zero-order chi connectivity index (χ0) is 52.6. The fourth-order valence-corrected chi connectivity index (χ4v) is 16.1. The second kappa shape index (κ2) is 27.3. The number of amides is 1. The molecule has 1 amide bonds. The van der Waals surface area contributed by atoms with Crippen LogP contribution in [-0.4, -0.2) is 184 Å². The van der Waals surface area contributed by atoms with Gasteiger partial charge in [-0.25, -0.2) is 0 Å². The van der Waals surface area contributed by atoms with E-state index in [9.17, 15) is 24.3 Å². The van der Waals surface area contributed by atoms with Crippen molar-refractivity contribution in [3.05, 3.63) is 0 Å². The molecule has 1 heterocycles. The summed E-state index contributed by atoms with van der Waals surface area (Å²) in [5.41, 5.74) is -2.09. The van der Waals surface area contributed by atoms with E-state index in [4.69, 9.17) is 32.0 Å². The van der Waals surface area contributed by atoms with Gasteiger partial charge in [0.15, 0.2) is 8.32 Å². The van der Waals surface area contributed by atoms with Crippen molar-refractivity contribution in [2.24, 2.45) is 5.41 Å². The van der Waals surface area contributed by atoms with Gasteiger partial charge < -0.3 is 42.4 Å². The Balaban J connectivity index is 3.67. The predicted molar refractivity (Wildman–Crippen MR) is 268 cm³/mol. The van der Waals surface area contributed by atoms with Crippen molar-refractivity contribution in [1.82, 2.24) is 24.9 Å². The Hall–Kier alpha value is -1.80. The summed E-state index contributed by atoms with van der Waals surface area (Å²) in [4.78, 5) is 60.9. The lowest BCUT2D eigenvalue weighted by atomic mass is 9.85. The predicted octanol–water partition coefficient (Wildman–Crippen LogP) is 7.49. The highest BCUT2D eigenvalue weighted by Gasteiger charge is 2.68. The van der Waals surface area contributed by atoms with Crippen molar-refractivity contribution in [1.29, 1.82) is 0 Å². The molecule has 0 radical (unpaired) electrons. The number of nitrogens with one attached hydrogen (secondary N) is 1. The van der Waals surface area contributed by atoms with Gasteiger partial charge in [-0.05, 0) is 99.2 Å². The number of carbonyl (C=O) groups is 4. The van der Waals surface area contributed by atoms with Crippen LogP contribution in [0, 0.1) is 5.41 Å². The highest BCUT2D eigenvalue weighted by atomic mass is 31.2. The number of nitrogens with zero attached hydrogens (tertiary/aromatic N) is 4. The minimum absolute atomic E-state index is 0.0346. The Bertz CT molecular complexity index is 1600. The molecular weight excluding hydrogens is 937 g/mol. The molecule has 0 aromatic carbocycles. The molecule has 1 saturated heterocycles. The van der Waals surface area contributed by atoms with Gasteiger partial charge in [0.05, 0.1) is 46.1 Å². The number of hydrogen-bond acceptors (Lipinski definition) is 17. The summed E-state index contributed by atoms with van der Waals surface area (Å²) >= 11 is 0. The number of carbonyl (C=O) groups excluding carboxylic acids is 3. The van der Waals surface area contributed by atoms with Crippen molar-refractivity contribution in [2.75, 3.05) is 105 Å². The van der Waals surface area contributed by atoms with Crippen LogP contribution in [-0.2, 0) is 60.3 Å². The summed E-state index contributed by atoms with van der Waals surface area (Å²) in [6, 6.07) is -0.864. The first-order valence-corrected chi connectivity index (χ1v) is 30.4. The molecule has 1 aliphatic rings. The van der Waals surface area contributed by atoms with Crippen LogP contribution < -0.4 is 5.32 Å². The van der Waals surface area contributed by atoms with Gasteiger partial charge in [-0.2, -0.15) is 0 Å². The van der Waals surface area contributed by atoms with Gasteiger partial charge in [-0.15, -0.1) is 0 Å². The Kier molecular flexibility index (Phi) is 25.8. The smallest absolute Gasteiger partial charge is 0.373 e. The van der Waals surface area contributed by atoms with Gasteiger partial charge in [0.2, 0.25) is 5.91 Å². The molecule has 0 bridgehead atoms. The van der Waals surface area contributed by atoms with Crippen LogP contribution in [0.3, 0.4) is 0 Å². The molecular formula is C46H93N5O14P2Si. The van der Waals surface area contributed by atoms with Gasteiger partial charge in [-0.1, -0.05) is 41.5 Å². The zero-order valence-electron chi connectivity index (χ0n) is 45.2. The summed E-state index contributed by atoms with van der Waals surface area (Å²) < 4.78 is 72.4. The molecule has 1 rings (SSSR count). The van der Waals surface area contributed by atoms with Gasteiger partial charge in [0.25, 0.3) is 5.08 Å². The third-order valence-corrected chi connectivity index (χ3v) is 22.5. The molecule has 400 valence electrons. The molecule has 19 nitrogen and oxygen atoms in total. The van der Waals surface area contributed by atoms with Crippen LogP contribution in [0.2, 0.25) is 18.1 Å². The number of esters is 2. The molecule has 1 unspecified atom stereocenters. The first-order valence-electron chi connectivity index (χ1n) is 24.4. The maximum atomic E-state index is 15.2. The van der Waals surface area contributed by atoms with E-state index in [1.165, 1.54) is 0 Å². The van der Waals surface area contributed by atoms with E-state index in [1.807, 2.05) is 74.2 Å². The minimum atomic E-state index is -4.43. The summed E-state index contributed by atoms with van der Waals surface area (Å²) in [5.74, 6) is -2.16. The van der Waals surface area contributed by atoms with Crippen LogP contribution in [0.5, 0.6) is 0 Å². The van der Waals surface area contributed by atoms with Gasteiger partial charge >= 0.3 is 33.1 Å². The van der Waals surface area contributed by atoms with Crippen LogP contribution in [0.15, 0.2) is 0 Å². The third-order valence-electron chi connectivity index (χ3n) is 11.5. The van der Waals surface area contributed by atoms with E-state index in [1.54, 1.807) is 69.2 Å². The van der Waals surface area contributed by atoms with E-state index >= 15 is 9.13 Å². The average molecular weight is 1030 g/mol. The monoisotopic (exact) mass is 1030 g/mol. The Morgan fingerprint density at radius 3 is 1.26 bits per heavy atom. The molecule has 0 aromatic heterocycles. The molecule has 1 fully saturated rings. The van der Waals surface area contributed by atoms with Crippen molar-refractivity contribution in [3.8, 4) is 0 Å². The Morgan fingerprint density at radius 1 is 0.603 bits per heavy atom. The molecule has 22 heteroatoms. The van der Waals surface area contributed by atoms with Crippen LogP contribution in [0.4, 0.5) is 0 Å². The number of aliphatic carboxylic acids is 1. The number of carboxylic acid groups (broad SMARTS) is 1. The van der Waals surface area contributed by atoms with E-state index in [0.29, 0.717) is 52.4 Å². The van der Waals surface area contributed by atoms with E-state index in [2.05, 4.69) is 5.32 Å². The lowest BCUT2D eigenvalue weighted by Crippen LogP contribution is -2.55. The van der Waals surface area contributed by atoms with Crippen LogP contribution in [0.25, 0.3) is 0 Å². The molecule has 68 heavy (non-hydrogen) atoms. The van der Waals surface area contributed by atoms with E-state index in [-0.39, 0.29) is 71.4 Å². The fraction of sp³-hybridized carbons (Fsp3) is 0.913. The highest BCUT2D eigenvalue weighted by molar-refractivity contribution is 7.74. The maximum Gasteiger partial charge on any atom is 0.373 e. The van der Waals surface area contributed by atoms with Crippen molar-refractivity contribution >= 4 is 47.3 Å². The third kappa shape index (κ3) is 20.7. The van der Waals surface area contributed by atoms with E-state index < -0.39 is 74.2 Å². The number of ether oxygens (including phenoxy) is 2. The largest absolute Gasteiger partial charge is 0.480 e. The second-order valence-electron chi connectivity index (χ2n) is 21.9. The number of rotatable bonds is 24. The summed E-state index contributed by atoms with van der Waals surface area (Å²) in [7, 11) is -11.8. The minimum Gasteiger partial charge on any atom is -0.480 e. The van der Waals surface area contributed by atoms with Crippen molar-refractivity contribution < 1.29 is 65.4 Å². The molecule has 0 aliphatic carbocycles. The molecule has 1 aliphatic heterocycles. The Labute approximate surface area is 410 Å².